The van der Waals surface area contributed by atoms with E-state index in [2.05, 4.69) is 19.8 Å². The number of amidine groups is 1. The maximum Gasteiger partial charge on any atom is 0.573 e. The van der Waals surface area contributed by atoms with Gasteiger partial charge in [0.2, 0.25) is 11.8 Å². The topological polar surface area (TPSA) is 89.7 Å². The van der Waals surface area contributed by atoms with Gasteiger partial charge in [-0.15, -0.1) is 18.3 Å². The number of benzene rings is 3. The molecule has 2 heterocycles. The van der Waals surface area contributed by atoms with E-state index in [1.54, 1.807) is 4.90 Å². The van der Waals surface area contributed by atoms with Crippen molar-refractivity contribution in [1.29, 1.82) is 0 Å². The minimum atomic E-state index is -4.76. The number of halogens is 3. The van der Waals surface area contributed by atoms with Crippen LogP contribution in [-0.2, 0) is 22.4 Å². The fourth-order valence-corrected chi connectivity index (χ4v) is 5.65. The van der Waals surface area contributed by atoms with Crippen LogP contribution in [0.1, 0.15) is 36.5 Å². The molecule has 1 aliphatic rings. The number of carbonyl (C=O) groups is 2. The molecule has 0 spiro atoms. The van der Waals surface area contributed by atoms with Gasteiger partial charge in [0.25, 0.3) is 0 Å². The molecule has 8 nitrogen and oxygen atoms in total. The highest BCUT2D eigenvalue weighted by Gasteiger charge is 2.33. The molecular weight excluding hydrogens is 579 g/mol. The van der Waals surface area contributed by atoms with Crippen molar-refractivity contribution >= 4 is 34.4 Å². The average Bonchev–Trinajstić information content (AvgIpc) is 3.60. The third-order valence-electron chi connectivity index (χ3n) is 6.78. The minimum Gasteiger partial charge on any atom is -0.406 e. The van der Waals surface area contributed by atoms with Crippen LogP contribution in [0.5, 0.6) is 5.75 Å². The van der Waals surface area contributed by atoms with E-state index in [9.17, 15) is 22.8 Å². The molecule has 5 rings (SSSR count). The van der Waals surface area contributed by atoms with Crippen molar-refractivity contribution in [2.75, 3.05) is 10.7 Å². The summed E-state index contributed by atoms with van der Waals surface area (Å²) in [6, 6.07) is 18.9. The number of thioether (sulfide) groups is 1. The summed E-state index contributed by atoms with van der Waals surface area (Å²) in [5, 5.41) is 4.88. The van der Waals surface area contributed by atoms with Crippen molar-refractivity contribution in [3.63, 3.8) is 0 Å². The molecule has 0 bridgehead atoms. The highest BCUT2D eigenvalue weighted by molar-refractivity contribution is 8.15. The fourth-order valence-electron chi connectivity index (χ4n) is 4.78. The van der Waals surface area contributed by atoms with Gasteiger partial charge < -0.3 is 4.74 Å². The van der Waals surface area contributed by atoms with Crippen LogP contribution in [0, 0.1) is 6.92 Å². The summed E-state index contributed by atoms with van der Waals surface area (Å²) in [6.07, 6.45) is -1.10. The number of aliphatic imine (C=N–C) groups is 1. The van der Waals surface area contributed by atoms with Gasteiger partial charge in [0.15, 0.2) is 11.0 Å². The molecular formula is C31H28F3N5O3S. The van der Waals surface area contributed by atoms with E-state index < -0.39 is 6.36 Å². The Balaban J connectivity index is 1.21. The lowest BCUT2D eigenvalue weighted by Gasteiger charge is -2.21. The Kier molecular flexibility index (Phi) is 8.95. The number of carbonyl (C=O) groups excluding carboxylic acids is 2. The lowest BCUT2D eigenvalue weighted by atomic mass is 10.0. The van der Waals surface area contributed by atoms with E-state index >= 15 is 0 Å². The molecule has 222 valence electrons. The van der Waals surface area contributed by atoms with Crippen LogP contribution in [0.15, 0.2) is 78.0 Å². The molecule has 1 aromatic heterocycles. The van der Waals surface area contributed by atoms with Gasteiger partial charge in [-0.2, -0.15) is 4.99 Å². The first-order chi connectivity index (χ1) is 20.6. The molecule has 0 N–H and O–H groups in total. The predicted molar refractivity (Wildman–Crippen MR) is 159 cm³/mol. The standard InChI is InChI=1S/C31H28F3N5O3S/c1-3-22-10-4-7-20(2)28(22)39-27(41)18-43-30(39)36-26(40)12-6-9-21-8-5-11-23(17-21)29-35-19-38(37-29)24-13-15-25(16-14-24)42-31(32,33)34/h4-5,7-8,10-11,13-17,19H,3,6,9,12,18H2,1-2H3. The SMILES string of the molecule is CCc1cccc(C)c1N1C(=O)CSC1=NC(=O)CCCc1cccc(-c2ncn(-c3ccc(OC(F)(F)F)cc3)n2)c1. The maximum absolute atomic E-state index is 12.8. The zero-order valence-corrected chi connectivity index (χ0v) is 24.3. The Labute approximate surface area is 250 Å². The van der Waals surface area contributed by atoms with Crippen LogP contribution in [0.3, 0.4) is 0 Å². The number of hydrogen-bond donors (Lipinski definition) is 0. The summed E-state index contributed by atoms with van der Waals surface area (Å²) in [7, 11) is 0. The van der Waals surface area contributed by atoms with Crippen molar-refractivity contribution in [2.45, 2.75) is 45.9 Å². The number of aromatic nitrogens is 3. The lowest BCUT2D eigenvalue weighted by Crippen LogP contribution is -2.31. The highest BCUT2D eigenvalue weighted by Crippen LogP contribution is 2.33. The van der Waals surface area contributed by atoms with Gasteiger partial charge in [-0.05, 0) is 73.2 Å². The summed E-state index contributed by atoms with van der Waals surface area (Å²) in [6.45, 7) is 3.98. The molecule has 2 amide bonds. The number of hydrogen-bond acceptors (Lipinski definition) is 6. The number of aryl methyl sites for hydroxylation is 3. The van der Waals surface area contributed by atoms with E-state index in [4.69, 9.17) is 0 Å². The smallest absolute Gasteiger partial charge is 0.406 e. The normalized spacial score (nSPS) is 14.5. The van der Waals surface area contributed by atoms with Gasteiger partial charge in [0.1, 0.15) is 12.1 Å². The van der Waals surface area contributed by atoms with Gasteiger partial charge in [-0.25, -0.2) is 9.67 Å². The third-order valence-corrected chi connectivity index (χ3v) is 7.70. The van der Waals surface area contributed by atoms with Crippen molar-refractivity contribution < 1.29 is 27.5 Å². The average molecular weight is 608 g/mol. The number of ether oxygens (including phenoxy) is 1. The van der Waals surface area contributed by atoms with E-state index in [1.807, 2.05) is 56.3 Å². The van der Waals surface area contributed by atoms with Crippen molar-refractivity contribution in [3.8, 4) is 22.8 Å². The number of nitrogens with zero attached hydrogens (tertiary/aromatic N) is 5. The first-order valence-electron chi connectivity index (χ1n) is 13.6. The Morgan fingerprint density at radius 3 is 2.60 bits per heavy atom. The zero-order valence-electron chi connectivity index (χ0n) is 23.5. The number of amides is 2. The molecule has 0 atom stereocenters. The van der Waals surface area contributed by atoms with Crippen molar-refractivity contribution in [1.82, 2.24) is 14.8 Å². The number of para-hydroxylation sites is 1. The quantitative estimate of drug-likeness (QED) is 0.211. The van der Waals surface area contributed by atoms with Gasteiger partial charge >= 0.3 is 6.36 Å². The third kappa shape index (κ3) is 7.31. The lowest BCUT2D eigenvalue weighted by molar-refractivity contribution is -0.274. The van der Waals surface area contributed by atoms with Crippen molar-refractivity contribution in [2.24, 2.45) is 4.99 Å². The monoisotopic (exact) mass is 607 g/mol. The molecule has 0 saturated carbocycles. The predicted octanol–water partition coefficient (Wildman–Crippen LogP) is 6.69. The van der Waals surface area contributed by atoms with E-state index in [0.29, 0.717) is 29.5 Å². The van der Waals surface area contributed by atoms with Crippen LogP contribution in [0.25, 0.3) is 17.1 Å². The molecule has 1 aliphatic heterocycles. The highest BCUT2D eigenvalue weighted by atomic mass is 32.2. The minimum absolute atomic E-state index is 0.0825. The van der Waals surface area contributed by atoms with Crippen LogP contribution >= 0.6 is 11.8 Å². The fraction of sp³-hybridized carbons (Fsp3) is 0.258. The molecule has 0 unspecified atom stereocenters. The summed E-state index contributed by atoms with van der Waals surface area (Å²) in [5.41, 5.74) is 5.08. The number of anilines is 1. The summed E-state index contributed by atoms with van der Waals surface area (Å²) in [4.78, 5) is 35.8. The van der Waals surface area contributed by atoms with E-state index in [-0.39, 0.29) is 29.7 Å². The molecule has 4 aromatic rings. The molecule has 1 fully saturated rings. The molecule has 43 heavy (non-hydrogen) atoms. The van der Waals surface area contributed by atoms with Crippen molar-refractivity contribution in [3.05, 3.63) is 89.7 Å². The van der Waals surface area contributed by atoms with Crippen LogP contribution in [0.2, 0.25) is 0 Å². The number of rotatable bonds is 9. The second kappa shape index (κ2) is 12.8. The maximum atomic E-state index is 12.8. The second-order valence-corrected chi connectivity index (χ2v) is 10.8. The molecule has 0 aliphatic carbocycles. The Hall–Kier alpha value is -4.45. The van der Waals surface area contributed by atoms with Crippen LogP contribution < -0.4 is 9.64 Å². The molecule has 1 saturated heterocycles. The van der Waals surface area contributed by atoms with Crippen LogP contribution in [-0.4, -0.2) is 43.9 Å². The zero-order chi connectivity index (χ0) is 30.6. The largest absolute Gasteiger partial charge is 0.573 e. The van der Waals surface area contributed by atoms with Gasteiger partial charge in [0, 0.05) is 12.0 Å². The van der Waals surface area contributed by atoms with Gasteiger partial charge in [0.05, 0.1) is 17.1 Å². The Bertz CT molecular complexity index is 1670. The van der Waals surface area contributed by atoms with Crippen LogP contribution in [0.4, 0.5) is 18.9 Å². The summed E-state index contributed by atoms with van der Waals surface area (Å²) < 4.78 is 42.6. The molecule has 0 radical (unpaired) electrons. The first-order valence-corrected chi connectivity index (χ1v) is 14.6. The Morgan fingerprint density at radius 2 is 1.86 bits per heavy atom. The molecule has 3 aromatic carbocycles. The van der Waals surface area contributed by atoms with Gasteiger partial charge in [-0.1, -0.05) is 55.1 Å². The van der Waals surface area contributed by atoms with Gasteiger partial charge in [-0.3, -0.25) is 14.5 Å². The van der Waals surface area contributed by atoms with E-state index in [1.165, 1.54) is 47.0 Å². The first kappa shape index (κ1) is 30.0. The summed E-state index contributed by atoms with van der Waals surface area (Å²) >= 11 is 1.28. The molecule has 12 heteroatoms. The number of alkyl halides is 3. The summed E-state index contributed by atoms with van der Waals surface area (Å²) in [5.74, 6) is 0.0142. The Morgan fingerprint density at radius 1 is 1.09 bits per heavy atom. The van der Waals surface area contributed by atoms with E-state index in [0.717, 1.165) is 34.4 Å². The second-order valence-electron chi connectivity index (χ2n) is 9.85.